The highest BCUT2D eigenvalue weighted by atomic mass is 79.9. The number of benzene rings is 3. The normalized spacial score (nSPS) is 17.4. The molecule has 1 unspecified atom stereocenters. The molecule has 6 aromatic rings. The number of carbonyl (C=O) groups is 2. The molecule has 0 bridgehead atoms. The second-order valence-corrected chi connectivity index (χ2v) is 22.5. The first-order valence-corrected chi connectivity index (χ1v) is 27.1. The summed E-state index contributed by atoms with van der Waals surface area (Å²) >= 11 is 3.62. The summed E-state index contributed by atoms with van der Waals surface area (Å²) in [4.78, 5) is 45.4. The molecule has 366 valence electrons. The molecular formula is C51H57BrF2N11O4P. The summed E-state index contributed by atoms with van der Waals surface area (Å²) in [5, 5.41) is 14.2. The molecule has 15 nitrogen and oxygen atoms in total. The summed E-state index contributed by atoms with van der Waals surface area (Å²) in [6, 6.07) is 18.9. The number of carbonyl (C=O) groups excluding carboxylic acids is 2. The van der Waals surface area contributed by atoms with Crippen molar-refractivity contribution in [3.05, 3.63) is 113 Å². The van der Waals surface area contributed by atoms with Crippen LogP contribution >= 0.6 is 23.1 Å². The second-order valence-electron chi connectivity index (χ2n) is 18.5. The quantitative estimate of drug-likeness (QED) is 0.0664. The van der Waals surface area contributed by atoms with Gasteiger partial charge in [-0.2, -0.15) is 10.1 Å². The first-order valence-electron chi connectivity index (χ1n) is 23.7. The van der Waals surface area contributed by atoms with Gasteiger partial charge in [0.15, 0.2) is 0 Å². The van der Waals surface area contributed by atoms with Gasteiger partial charge in [0.1, 0.15) is 30.3 Å². The van der Waals surface area contributed by atoms with Crippen molar-refractivity contribution in [1.82, 2.24) is 39.8 Å². The Kier molecular flexibility index (Phi) is 14.8. The fourth-order valence-corrected chi connectivity index (χ4v) is 11.1. The molecule has 3 aliphatic heterocycles. The molecule has 3 N–H and O–H groups in total. The van der Waals surface area contributed by atoms with Gasteiger partial charge in [-0.05, 0) is 91.7 Å². The molecule has 3 aliphatic rings. The molecule has 9 rings (SSSR count). The van der Waals surface area contributed by atoms with Crippen molar-refractivity contribution in [3.8, 4) is 28.1 Å². The molecule has 0 spiro atoms. The lowest BCUT2D eigenvalue weighted by atomic mass is 9.89. The predicted octanol–water partition coefficient (Wildman–Crippen LogP) is 8.46. The number of rotatable bonds is 15. The van der Waals surface area contributed by atoms with Gasteiger partial charge in [0.25, 0.3) is 0 Å². The Morgan fingerprint density at radius 2 is 1.61 bits per heavy atom. The lowest BCUT2D eigenvalue weighted by Gasteiger charge is -2.43. The zero-order chi connectivity index (χ0) is 49.1. The summed E-state index contributed by atoms with van der Waals surface area (Å²) in [5.41, 5.74) is 6.22. The monoisotopic (exact) mass is 1040 g/mol. The minimum absolute atomic E-state index is 0.0571. The SMILES string of the molecule is CCOc1cc(N2CCC(N3CCN(CCc4cc(F)c(C5CCC(=O)NC5=O)c(F)c4)CC3)CC2)c(-c2cnn(C)c2)cc1Nc1ncc(Br)c(Nc2cnc(-c3ccccc3)cc2P(C)(C)=O)n1. The van der Waals surface area contributed by atoms with Crippen molar-refractivity contribution in [1.29, 1.82) is 0 Å². The van der Waals surface area contributed by atoms with E-state index in [-0.39, 0.29) is 18.4 Å². The molecule has 70 heavy (non-hydrogen) atoms. The van der Waals surface area contributed by atoms with Crippen LogP contribution in [0.15, 0.2) is 89.9 Å². The number of hydrogen-bond donors (Lipinski definition) is 3. The lowest BCUT2D eigenvalue weighted by Crippen LogP contribution is -2.53. The number of piperazine rings is 1. The van der Waals surface area contributed by atoms with Crippen molar-refractivity contribution in [2.45, 2.75) is 51.0 Å². The molecule has 3 fully saturated rings. The van der Waals surface area contributed by atoms with Crippen molar-refractivity contribution in [3.63, 3.8) is 0 Å². The van der Waals surface area contributed by atoms with Crippen molar-refractivity contribution >= 4 is 69.0 Å². The molecule has 19 heteroatoms. The van der Waals surface area contributed by atoms with Crippen LogP contribution in [0, 0.1) is 11.6 Å². The highest BCUT2D eigenvalue weighted by Gasteiger charge is 2.33. The van der Waals surface area contributed by atoms with E-state index in [1.165, 1.54) is 12.1 Å². The Morgan fingerprint density at radius 1 is 0.871 bits per heavy atom. The van der Waals surface area contributed by atoms with E-state index in [4.69, 9.17) is 14.7 Å². The van der Waals surface area contributed by atoms with Gasteiger partial charge in [-0.1, -0.05) is 30.3 Å². The number of nitrogens with one attached hydrogen (secondary N) is 3. The Morgan fingerprint density at radius 3 is 2.29 bits per heavy atom. The maximum Gasteiger partial charge on any atom is 0.234 e. The largest absolute Gasteiger partial charge is 0.492 e. The smallest absolute Gasteiger partial charge is 0.234 e. The Labute approximate surface area is 414 Å². The summed E-state index contributed by atoms with van der Waals surface area (Å²) < 4.78 is 52.7. The predicted molar refractivity (Wildman–Crippen MR) is 273 cm³/mol. The number of imide groups is 1. The lowest BCUT2D eigenvalue weighted by molar-refractivity contribution is -0.134. The van der Waals surface area contributed by atoms with Crippen LogP contribution in [0.2, 0.25) is 0 Å². The molecule has 3 saturated heterocycles. The van der Waals surface area contributed by atoms with Gasteiger partial charge in [-0.3, -0.25) is 29.5 Å². The third-order valence-corrected chi connectivity index (χ3v) is 15.5. The summed E-state index contributed by atoms with van der Waals surface area (Å²) in [7, 11) is -0.856. The number of pyridine rings is 1. The van der Waals surface area contributed by atoms with E-state index < -0.39 is 36.5 Å². The van der Waals surface area contributed by atoms with Gasteiger partial charge in [-0.15, -0.1) is 0 Å². The maximum atomic E-state index is 15.2. The van der Waals surface area contributed by atoms with Crippen LogP contribution in [0.5, 0.6) is 5.75 Å². The molecule has 2 amide bonds. The van der Waals surface area contributed by atoms with Gasteiger partial charge in [0.05, 0.1) is 46.5 Å². The molecule has 0 saturated carbocycles. The number of piperidine rings is 2. The third-order valence-electron chi connectivity index (χ3n) is 13.4. The summed E-state index contributed by atoms with van der Waals surface area (Å²) in [5.74, 6) is -2.11. The summed E-state index contributed by atoms with van der Waals surface area (Å²) in [6.07, 6.45) is 9.84. The fourth-order valence-electron chi connectivity index (χ4n) is 9.71. The first-order chi connectivity index (χ1) is 33.7. The van der Waals surface area contributed by atoms with Crippen LogP contribution in [0.25, 0.3) is 22.4 Å². The first kappa shape index (κ1) is 48.9. The number of halogens is 3. The van der Waals surface area contributed by atoms with E-state index >= 15 is 8.78 Å². The van der Waals surface area contributed by atoms with Crippen LogP contribution in [0.4, 0.5) is 37.6 Å². The number of ether oxygens (including phenoxy) is 1. The number of anilines is 5. The van der Waals surface area contributed by atoms with Crippen molar-refractivity contribution < 1.29 is 27.7 Å². The molecule has 3 aromatic heterocycles. The Hall–Kier alpha value is -6.07. The molecule has 0 radical (unpaired) electrons. The van der Waals surface area contributed by atoms with Gasteiger partial charge in [0.2, 0.25) is 17.8 Å². The number of amides is 2. The van der Waals surface area contributed by atoms with Crippen molar-refractivity contribution in [2.75, 3.05) is 81.3 Å². The minimum atomic E-state index is -2.76. The maximum absolute atomic E-state index is 15.2. The molecule has 3 aromatic carbocycles. The van der Waals surface area contributed by atoms with Gasteiger partial charge >= 0.3 is 0 Å². The van der Waals surface area contributed by atoms with Crippen LogP contribution in [0.3, 0.4) is 0 Å². The molecule has 1 atom stereocenters. The second kappa shape index (κ2) is 21.1. The molecule has 6 heterocycles. The van der Waals surface area contributed by atoms with E-state index in [0.29, 0.717) is 69.8 Å². The highest BCUT2D eigenvalue weighted by molar-refractivity contribution is 9.10. The zero-order valence-corrected chi connectivity index (χ0v) is 42.2. The van der Waals surface area contributed by atoms with Crippen LogP contribution < -0.4 is 30.9 Å². The summed E-state index contributed by atoms with van der Waals surface area (Å²) in [6.45, 7) is 11.8. The van der Waals surface area contributed by atoms with Gasteiger partial charge in [-0.25, -0.2) is 13.8 Å². The molecule has 0 aliphatic carbocycles. The topological polar surface area (TPSA) is 163 Å². The highest BCUT2D eigenvalue weighted by Crippen LogP contribution is 2.43. The standard InChI is InChI=1S/C51H57BrF2N11O4P/c1-5-69-45-27-44(65-17-14-35(15-18-65)64-21-19-63(20-22-64)16-13-32-23-39(53)48(40(54)24-32)36-11-12-47(66)60-50(36)67)37(34-28-57-62(2)31-34)25-42(45)59-51-56-29-38(52)49(61-51)58-43-30-55-41(26-46(43)70(3,4)68)33-9-7-6-8-10-33/h6-10,23-31,35-36H,5,11-22H2,1-4H3,(H,60,66,67)(H2,56,58,59,61). The average Bonchev–Trinajstić information content (AvgIpc) is 3.79. The average molecular weight is 1040 g/mol. The number of aromatic nitrogens is 5. The Bertz CT molecular complexity index is 2920. The van der Waals surface area contributed by atoms with E-state index in [1.807, 2.05) is 62.8 Å². The zero-order valence-electron chi connectivity index (χ0n) is 39.7. The van der Waals surface area contributed by atoms with Gasteiger partial charge in [0, 0.05) is 117 Å². The Balaban J connectivity index is 0.862. The van der Waals surface area contributed by atoms with Crippen LogP contribution in [0.1, 0.15) is 49.7 Å². The third kappa shape index (κ3) is 11.1. The number of hydrogen-bond acceptors (Lipinski definition) is 13. The van der Waals surface area contributed by atoms with E-state index in [1.54, 1.807) is 30.4 Å². The van der Waals surface area contributed by atoms with E-state index in [9.17, 15) is 14.2 Å². The van der Waals surface area contributed by atoms with Gasteiger partial charge < -0.3 is 29.7 Å². The van der Waals surface area contributed by atoms with E-state index in [0.717, 1.165) is 80.2 Å². The number of nitrogens with zero attached hydrogens (tertiary/aromatic N) is 8. The molecular weight excluding hydrogens is 980 g/mol. The fraction of sp³-hybridized carbons (Fsp3) is 0.373. The van der Waals surface area contributed by atoms with Crippen LogP contribution in [-0.2, 0) is 27.6 Å². The minimum Gasteiger partial charge on any atom is -0.492 e. The number of aryl methyl sites for hydroxylation is 1. The van der Waals surface area contributed by atoms with E-state index in [2.05, 4.69) is 68.8 Å². The van der Waals surface area contributed by atoms with Crippen LogP contribution in [-0.4, -0.2) is 118 Å². The van der Waals surface area contributed by atoms with Crippen molar-refractivity contribution in [2.24, 2.45) is 7.05 Å².